The van der Waals surface area contributed by atoms with Gasteiger partial charge in [-0.05, 0) is 68.5 Å². The van der Waals surface area contributed by atoms with Crippen molar-refractivity contribution < 1.29 is 4.74 Å². The van der Waals surface area contributed by atoms with Crippen LogP contribution in [0, 0.1) is 13.8 Å². The van der Waals surface area contributed by atoms with Crippen molar-refractivity contribution in [2.45, 2.75) is 13.8 Å². The number of ether oxygens (including phenoxy) is 1. The van der Waals surface area contributed by atoms with Crippen LogP contribution in [-0.2, 0) is 0 Å². The second-order valence-electron chi connectivity index (χ2n) is 8.26. The highest BCUT2D eigenvalue weighted by Crippen LogP contribution is 2.28. The summed E-state index contributed by atoms with van der Waals surface area (Å²) >= 11 is 18.0. The van der Waals surface area contributed by atoms with Gasteiger partial charge in [-0.1, -0.05) is 29.3 Å². The summed E-state index contributed by atoms with van der Waals surface area (Å²) in [4.78, 5) is 18.2. The Morgan fingerprint density at radius 1 is 0.944 bits per heavy atom. The smallest absolute Gasteiger partial charge is 0.229 e. The van der Waals surface area contributed by atoms with Crippen LogP contribution >= 0.6 is 35.4 Å². The van der Waals surface area contributed by atoms with Crippen molar-refractivity contribution in [2.75, 3.05) is 48.8 Å². The summed E-state index contributed by atoms with van der Waals surface area (Å²) in [5.74, 6) is 1.63. The first-order valence-electron chi connectivity index (χ1n) is 11.4. The standard InChI is InChI=1S/C25H27Cl2N7OS/c1-16-13-17(2)29-23(28-16)31-24(32-25(36)30-21-15-19(27)7-8-22(21)35-3)34-11-9-33(10-12-34)20-6-4-5-18(26)14-20/h4-8,13-15H,9-12H2,1-3H3,(H2,28,29,30,31,32,36). The van der Waals surface area contributed by atoms with Gasteiger partial charge in [0.15, 0.2) is 0 Å². The van der Waals surface area contributed by atoms with Gasteiger partial charge >= 0.3 is 0 Å². The van der Waals surface area contributed by atoms with Crippen molar-refractivity contribution in [3.05, 3.63) is 70.0 Å². The van der Waals surface area contributed by atoms with Crippen LogP contribution in [0.15, 0.2) is 53.5 Å². The van der Waals surface area contributed by atoms with E-state index in [9.17, 15) is 0 Å². The second-order valence-corrected chi connectivity index (χ2v) is 9.52. The predicted octanol–water partition coefficient (Wildman–Crippen LogP) is 5.40. The molecule has 1 aromatic heterocycles. The lowest BCUT2D eigenvalue weighted by molar-refractivity contribution is 0.385. The molecule has 0 unspecified atom stereocenters. The minimum absolute atomic E-state index is 0.250. The molecule has 2 N–H and O–H groups in total. The first kappa shape index (κ1) is 25.9. The normalized spacial score (nSPS) is 14.0. The number of aliphatic imine (C=N–C) groups is 1. The monoisotopic (exact) mass is 543 g/mol. The molecule has 1 aliphatic heterocycles. The number of aryl methyl sites for hydroxylation is 2. The maximum atomic E-state index is 6.20. The number of hydrogen-bond donors (Lipinski definition) is 2. The number of benzene rings is 2. The topological polar surface area (TPSA) is 77.9 Å². The summed E-state index contributed by atoms with van der Waals surface area (Å²) in [5, 5.41) is 7.93. The van der Waals surface area contributed by atoms with Gasteiger partial charge in [-0.15, -0.1) is 0 Å². The van der Waals surface area contributed by atoms with Gasteiger partial charge in [0.2, 0.25) is 17.0 Å². The highest BCUT2D eigenvalue weighted by molar-refractivity contribution is 7.80. The first-order valence-corrected chi connectivity index (χ1v) is 12.5. The summed E-state index contributed by atoms with van der Waals surface area (Å²) < 4.78 is 5.42. The summed E-state index contributed by atoms with van der Waals surface area (Å²) in [6, 6.07) is 15.1. The molecule has 3 aromatic rings. The van der Waals surface area contributed by atoms with Crippen molar-refractivity contribution in [1.82, 2.24) is 14.9 Å². The number of thiocarbonyl (C=S) groups is 1. The number of nitrogens with zero attached hydrogens (tertiary/aromatic N) is 5. The number of hydrogen-bond acceptors (Lipinski definition) is 5. The van der Waals surface area contributed by atoms with Gasteiger partial charge < -0.3 is 19.9 Å². The van der Waals surface area contributed by atoms with Crippen LogP contribution in [0.5, 0.6) is 5.75 Å². The van der Waals surface area contributed by atoms with E-state index in [2.05, 4.69) is 36.5 Å². The molecule has 0 saturated carbocycles. The molecule has 36 heavy (non-hydrogen) atoms. The molecule has 2 aromatic carbocycles. The Morgan fingerprint density at radius 3 is 2.31 bits per heavy atom. The Balaban J connectivity index is 1.56. The molecule has 4 rings (SSSR count). The van der Waals surface area contributed by atoms with Crippen molar-refractivity contribution >= 4 is 63.8 Å². The van der Waals surface area contributed by atoms with Gasteiger partial charge in [-0.2, -0.15) is 4.99 Å². The van der Waals surface area contributed by atoms with Gasteiger partial charge in [-0.3, -0.25) is 5.32 Å². The molecule has 188 valence electrons. The van der Waals surface area contributed by atoms with Crippen molar-refractivity contribution in [3.63, 3.8) is 0 Å². The van der Waals surface area contributed by atoms with Crippen molar-refractivity contribution in [1.29, 1.82) is 0 Å². The quantitative estimate of drug-likeness (QED) is 0.257. The van der Waals surface area contributed by atoms with Gasteiger partial charge in [-0.25, -0.2) is 9.97 Å². The van der Waals surface area contributed by atoms with Crippen LogP contribution < -0.4 is 20.3 Å². The zero-order valence-electron chi connectivity index (χ0n) is 20.3. The van der Waals surface area contributed by atoms with Crippen molar-refractivity contribution in [2.24, 2.45) is 4.99 Å². The van der Waals surface area contributed by atoms with Crippen LogP contribution in [0.3, 0.4) is 0 Å². The average molecular weight is 545 g/mol. The van der Waals surface area contributed by atoms with Crippen LogP contribution in [0.4, 0.5) is 17.3 Å². The van der Waals surface area contributed by atoms with Gasteiger partial charge in [0.1, 0.15) is 5.75 Å². The largest absolute Gasteiger partial charge is 0.495 e. The molecule has 1 fully saturated rings. The second kappa shape index (κ2) is 11.7. The van der Waals surface area contributed by atoms with E-state index in [1.807, 2.05) is 38.1 Å². The highest BCUT2D eigenvalue weighted by atomic mass is 35.5. The lowest BCUT2D eigenvalue weighted by Crippen LogP contribution is -2.51. The van der Waals surface area contributed by atoms with E-state index in [1.54, 1.807) is 25.3 Å². The molecule has 0 bridgehead atoms. The summed E-state index contributed by atoms with van der Waals surface area (Å²) in [7, 11) is 1.59. The number of piperazine rings is 1. The van der Waals surface area contributed by atoms with E-state index in [0.29, 0.717) is 41.5 Å². The summed E-state index contributed by atoms with van der Waals surface area (Å²) in [6.07, 6.45) is 0. The van der Waals surface area contributed by atoms with E-state index >= 15 is 0 Å². The lowest BCUT2D eigenvalue weighted by Gasteiger charge is -2.37. The van der Waals surface area contributed by atoms with E-state index in [1.165, 1.54) is 0 Å². The average Bonchev–Trinajstić information content (AvgIpc) is 2.83. The molecule has 0 aliphatic carbocycles. The Kier molecular flexibility index (Phi) is 8.45. The third kappa shape index (κ3) is 6.75. The maximum Gasteiger partial charge on any atom is 0.229 e. The SMILES string of the molecule is COc1ccc(Cl)cc1NC(=S)/N=C(/Nc1nc(C)cc(C)n1)N1CCN(c2cccc(Cl)c2)CC1. The maximum absolute atomic E-state index is 6.20. The third-order valence-electron chi connectivity index (χ3n) is 5.57. The molecule has 2 heterocycles. The van der Waals surface area contributed by atoms with Crippen LogP contribution in [0.25, 0.3) is 0 Å². The van der Waals surface area contributed by atoms with Gasteiger partial charge in [0.25, 0.3) is 0 Å². The van der Waals surface area contributed by atoms with Crippen molar-refractivity contribution in [3.8, 4) is 5.75 Å². The van der Waals surface area contributed by atoms with Gasteiger partial charge in [0, 0.05) is 53.3 Å². The predicted molar refractivity (Wildman–Crippen MR) is 152 cm³/mol. The fraction of sp³-hybridized carbons (Fsp3) is 0.280. The molecule has 0 spiro atoms. The minimum Gasteiger partial charge on any atom is -0.495 e. The molecule has 0 radical (unpaired) electrons. The minimum atomic E-state index is 0.250. The number of halogens is 2. The molecule has 1 aliphatic rings. The number of anilines is 3. The molecule has 8 nitrogen and oxygen atoms in total. The Labute approximate surface area is 226 Å². The number of rotatable bonds is 4. The Hall–Kier alpha value is -3.14. The Morgan fingerprint density at radius 2 is 1.64 bits per heavy atom. The third-order valence-corrected chi connectivity index (χ3v) is 6.23. The highest BCUT2D eigenvalue weighted by Gasteiger charge is 2.22. The zero-order chi connectivity index (χ0) is 25.7. The Bertz CT molecular complexity index is 1260. The molecular formula is C25H27Cl2N7OS. The summed E-state index contributed by atoms with van der Waals surface area (Å²) in [6.45, 7) is 6.86. The van der Waals surface area contributed by atoms with E-state index < -0.39 is 0 Å². The summed E-state index contributed by atoms with van der Waals surface area (Å²) in [5.41, 5.74) is 3.45. The lowest BCUT2D eigenvalue weighted by atomic mass is 10.2. The van der Waals surface area contributed by atoms with Gasteiger partial charge in [0.05, 0.1) is 12.8 Å². The van der Waals surface area contributed by atoms with E-state index in [-0.39, 0.29) is 5.11 Å². The number of aromatic nitrogens is 2. The fourth-order valence-corrected chi connectivity index (χ4v) is 4.48. The van der Waals surface area contributed by atoms with Crippen LogP contribution in [-0.4, -0.2) is 59.2 Å². The molecule has 1 saturated heterocycles. The van der Waals surface area contributed by atoms with Crippen LogP contribution in [0.2, 0.25) is 10.0 Å². The van der Waals surface area contributed by atoms with E-state index in [4.69, 9.17) is 45.1 Å². The number of guanidine groups is 1. The molecular weight excluding hydrogens is 517 g/mol. The zero-order valence-corrected chi connectivity index (χ0v) is 22.6. The first-order chi connectivity index (χ1) is 17.3. The molecule has 0 amide bonds. The molecule has 0 atom stereocenters. The van der Waals surface area contributed by atoms with Crippen LogP contribution in [0.1, 0.15) is 11.4 Å². The number of nitrogens with one attached hydrogen (secondary N) is 2. The van der Waals surface area contributed by atoms with E-state index in [0.717, 1.165) is 35.2 Å². The fourth-order valence-electron chi connectivity index (χ4n) is 3.93. The number of methoxy groups -OCH3 is 1. The molecule has 11 heteroatoms.